The van der Waals surface area contributed by atoms with Crippen LogP contribution >= 0.6 is 0 Å². The van der Waals surface area contributed by atoms with Crippen molar-refractivity contribution >= 4 is 17.3 Å². The molecule has 1 amide bonds. The molecule has 2 N–H and O–H groups in total. The standard InChI is InChI=1S/C17H25N3O/c1-3-20(12-7-5-4-6-8-12)13-9-10-14-15(11-13)19(2)17(21)16(14)18/h9-12,16H,3-8,18H2,1-2H3. The van der Waals surface area contributed by atoms with Crippen molar-refractivity contribution < 1.29 is 4.79 Å². The molecule has 4 nitrogen and oxygen atoms in total. The van der Waals surface area contributed by atoms with E-state index in [2.05, 4.69) is 24.0 Å². The van der Waals surface area contributed by atoms with Gasteiger partial charge in [-0.15, -0.1) is 0 Å². The van der Waals surface area contributed by atoms with E-state index in [4.69, 9.17) is 5.73 Å². The predicted octanol–water partition coefficient (Wildman–Crippen LogP) is 2.82. The highest BCUT2D eigenvalue weighted by Crippen LogP contribution is 2.37. The Morgan fingerprint density at radius 1 is 1.29 bits per heavy atom. The quantitative estimate of drug-likeness (QED) is 0.930. The molecule has 4 heteroatoms. The Bertz CT molecular complexity index is 537. The Morgan fingerprint density at radius 2 is 2.00 bits per heavy atom. The van der Waals surface area contributed by atoms with E-state index in [1.165, 1.54) is 37.8 Å². The fourth-order valence-electron chi connectivity index (χ4n) is 3.77. The number of hydrogen-bond donors (Lipinski definition) is 1. The van der Waals surface area contributed by atoms with Gasteiger partial charge in [0.2, 0.25) is 5.91 Å². The van der Waals surface area contributed by atoms with Gasteiger partial charge in [0.05, 0.1) is 5.69 Å². The normalized spacial score (nSPS) is 22.5. The number of nitrogens with zero attached hydrogens (tertiary/aromatic N) is 2. The number of hydrogen-bond acceptors (Lipinski definition) is 3. The Labute approximate surface area is 126 Å². The minimum absolute atomic E-state index is 0.0112. The number of carbonyl (C=O) groups is 1. The van der Waals surface area contributed by atoms with Gasteiger partial charge in [-0.2, -0.15) is 0 Å². The largest absolute Gasteiger partial charge is 0.369 e. The lowest BCUT2D eigenvalue weighted by Gasteiger charge is -2.35. The van der Waals surface area contributed by atoms with Crippen molar-refractivity contribution in [2.75, 3.05) is 23.4 Å². The molecule has 1 aliphatic heterocycles. The summed E-state index contributed by atoms with van der Waals surface area (Å²) >= 11 is 0. The van der Waals surface area contributed by atoms with Gasteiger partial charge in [-0.3, -0.25) is 4.79 Å². The lowest BCUT2D eigenvalue weighted by Crippen LogP contribution is -2.36. The Morgan fingerprint density at radius 3 is 2.67 bits per heavy atom. The molecule has 1 atom stereocenters. The maximum absolute atomic E-state index is 12.0. The van der Waals surface area contributed by atoms with Gasteiger partial charge in [0.1, 0.15) is 6.04 Å². The van der Waals surface area contributed by atoms with Crippen LogP contribution in [0, 0.1) is 0 Å². The van der Waals surface area contributed by atoms with E-state index in [1.54, 1.807) is 4.90 Å². The van der Waals surface area contributed by atoms with Gasteiger partial charge >= 0.3 is 0 Å². The van der Waals surface area contributed by atoms with Gasteiger partial charge in [0.25, 0.3) is 0 Å². The third-order valence-corrected chi connectivity index (χ3v) is 4.99. The average molecular weight is 287 g/mol. The van der Waals surface area contributed by atoms with E-state index >= 15 is 0 Å². The van der Waals surface area contributed by atoms with Crippen LogP contribution < -0.4 is 15.5 Å². The van der Waals surface area contributed by atoms with Gasteiger partial charge in [0.15, 0.2) is 0 Å². The summed E-state index contributed by atoms with van der Waals surface area (Å²) < 4.78 is 0. The molecule has 1 aliphatic carbocycles. The van der Waals surface area contributed by atoms with Gasteiger partial charge in [-0.1, -0.05) is 25.3 Å². The SMILES string of the molecule is CCN(c1ccc2c(c1)N(C)C(=O)C2N)C1CCCCC1. The first kappa shape index (κ1) is 14.4. The zero-order chi connectivity index (χ0) is 15.0. The Hall–Kier alpha value is -1.55. The molecule has 0 radical (unpaired) electrons. The minimum Gasteiger partial charge on any atom is -0.369 e. The summed E-state index contributed by atoms with van der Waals surface area (Å²) in [5, 5.41) is 0. The molecule has 1 fully saturated rings. The second-order valence-electron chi connectivity index (χ2n) is 6.20. The molecule has 1 aromatic rings. The number of rotatable bonds is 3. The molecule has 0 bridgehead atoms. The third kappa shape index (κ3) is 2.42. The molecule has 1 heterocycles. The highest BCUT2D eigenvalue weighted by atomic mass is 16.2. The molecule has 1 aromatic carbocycles. The highest BCUT2D eigenvalue weighted by molar-refractivity contribution is 6.04. The lowest BCUT2D eigenvalue weighted by atomic mass is 9.93. The van der Waals surface area contributed by atoms with Crippen LogP contribution in [0.25, 0.3) is 0 Å². The summed E-state index contributed by atoms with van der Waals surface area (Å²) in [4.78, 5) is 16.2. The summed E-state index contributed by atoms with van der Waals surface area (Å²) in [6, 6.07) is 6.44. The van der Waals surface area contributed by atoms with E-state index in [1.807, 2.05) is 13.1 Å². The molecule has 0 aromatic heterocycles. The molecule has 0 saturated heterocycles. The van der Waals surface area contributed by atoms with E-state index in [-0.39, 0.29) is 5.91 Å². The first-order valence-corrected chi connectivity index (χ1v) is 8.07. The third-order valence-electron chi connectivity index (χ3n) is 4.99. The van der Waals surface area contributed by atoms with Crippen molar-refractivity contribution in [1.82, 2.24) is 0 Å². The fourth-order valence-corrected chi connectivity index (χ4v) is 3.77. The lowest BCUT2D eigenvalue weighted by molar-refractivity contribution is -0.118. The molecule has 0 spiro atoms. The Balaban J connectivity index is 1.91. The zero-order valence-electron chi connectivity index (χ0n) is 13.0. The summed E-state index contributed by atoms with van der Waals surface area (Å²) in [7, 11) is 1.81. The zero-order valence-corrected chi connectivity index (χ0v) is 13.0. The van der Waals surface area contributed by atoms with Crippen LogP contribution in [-0.2, 0) is 4.79 Å². The number of likely N-dealkylation sites (N-methyl/N-ethyl adjacent to an activating group) is 1. The molecular formula is C17H25N3O. The van der Waals surface area contributed by atoms with Gasteiger partial charge < -0.3 is 15.5 Å². The predicted molar refractivity (Wildman–Crippen MR) is 86.7 cm³/mol. The van der Waals surface area contributed by atoms with Crippen molar-refractivity contribution in [3.63, 3.8) is 0 Å². The number of benzene rings is 1. The van der Waals surface area contributed by atoms with Gasteiger partial charge in [-0.25, -0.2) is 0 Å². The van der Waals surface area contributed by atoms with Crippen molar-refractivity contribution in [3.05, 3.63) is 23.8 Å². The second-order valence-corrected chi connectivity index (χ2v) is 6.20. The van der Waals surface area contributed by atoms with E-state index in [0.717, 1.165) is 17.8 Å². The van der Waals surface area contributed by atoms with Crippen LogP contribution in [0.4, 0.5) is 11.4 Å². The minimum atomic E-state index is -0.496. The van der Waals surface area contributed by atoms with E-state index in [0.29, 0.717) is 6.04 Å². The summed E-state index contributed by atoms with van der Waals surface area (Å²) in [5.41, 5.74) is 9.12. The van der Waals surface area contributed by atoms with Crippen LogP contribution in [0.15, 0.2) is 18.2 Å². The first-order chi connectivity index (χ1) is 10.1. The molecule has 1 unspecified atom stereocenters. The molecule has 1 saturated carbocycles. The number of carbonyl (C=O) groups excluding carboxylic acids is 1. The number of amides is 1. The molecular weight excluding hydrogens is 262 g/mol. The summed E-state index contributed by atoms with van der Waals surface area (Å²) in [5.74, 6) is -0.0112. The monoisotopic (exact) mass is 287 g/mol. The highest BCUT2D eigenvalue weighted by Gasteiger charge is 2.33. The smallest absolute Gasteiger partial charge is 0.248 e. The second kappa shape index (κ2) is 5.68. The van der Waals surface area contributed by atoms with Crippen molar-refractivity contribution in [1.29, 1.82) is 0 Å². The van der Waals surface area contributed by atoms with Crippen LogP contribution in [-0.4, -0.2) is 25.5 Å². The summed E-state index contributed by atoms with van der Waals surface area (Å²) in [6.45, 7) is 3.22. The van der Waals surface area contributed by atoms with Crippen LogP contribution in [0.3, 0.4) is 0 Å². The molecule has 21 heavy (non-hydrogen) atoms. The number of anilines is 2. The molecule has 114 valence electrons. The van der Waals surface area contributed by atoms with Crippen LogP contribution in [0.2, 0.25) is 0 Å². The Kier molecular flexibility index (Phi) is 3.89. The van der Waals surface area contributed by atoms with E-state index < -0.39 is 6.04 Å². The molecule has 2 aliphatic rings. The summed E-state index contributed by atoms with van der Waals surface area (Å²) in [6.07, 6.45) is 6.58. The maximum Gasteiger partial charge on any atom is 0.248 e. The van der Waals surface area contributed by atoms with E-state index in [9.17, 15) is 4.79 Å². The maximum atomic E-state index is 12.0. The van der Waals surface area contributed by atoms with Gasteiger partial charge in [-0.05, 0) is 31.9 Å². The van der Waals surface area contributed by atoms with Crippen molar-refractivity contribution in [3.8, 4) is 0 Å². The van der Waals surface area contributed by atoms with Crippen molar-refractivity contribution in [2.45, 2.75) is 51.1 Å². The first-order valence-electron chi connectivity index (χ1n) is 8.07. The average Bonchev–Trinajstić information content (AvgIpc) is 2.74. The molecule has 3 rings (SSSR count). The number of nitrogens with two attached hydrogens (primary N) is 1. The van der Waals surface area contributed by atoms with Crippen LogP contribution in [0.1, 0.15) is 50.6 Å². The fraction of sp³-hybridized carbons (Fsp3) is 0.588. The van der Waals surface area contributed by atoms with Crippen LogP contribution in [0.5, 0.6) is 0 Å². The topological polar surface area (TPSA) is 49.6 Å². The van der Waals surface area contributed by atoms with Gasteiger partial charge in [0, 0.05) is 30.9 Å². The number of fused-ring (bicyclic) bond motifs is 1. The van der Waals surface area contributed by atoms with Crippen molar-refractivity contribution in [2.24, 2.45) is 5.73 Å².